The monoisotopic (exact) mass is 285 g/mol. The van der Waals surface area contributed by atoms with Crippen LogP contribution in [0.4, 0.5) is 0 Å². The Labute approximate surface area is 116 Å². The number of benzene rings is 1. The molecule has 104 valence electrons. The van der Waals surface area contributed by atoms with Crippen molar-refractivity contribution >= 4 is 17.5 Å². The van der Waals surface area contributed by atoms with Gasteiger partial charge in [0.2, 0.25) is 5.91 Å². The van der Waals surface area contributed by atoms with E-state index in [1.807, 2.05) is 12.1 Å². The van der Waals surface area contributed by atoms with E-state index in [2.05, 4.69) is 5.32 Å². The molecule has 5 nitrogen and oxygen atoms in total. The molecule has 1 N–H and O–H groups in total. The fourth-order valence-electron chi connectivity index (χ4n) is 1.84. The molecular formula is C13H16ClNO4. The normalized spacial score (nSPS) is 13.2. The highest BCUT2D eigenvalue weighted by molar-refractivity contribution is 6.32. The van der Waals surface area contributed by atoms with E-state index in [0.717, 1.165) is 5.56 Å². The number of carbonyl (C=O) groups is 1. The van der Waals surface area contributed by atoms with Gasteiger partial charge in [-0.25, -0.2) is 0 Å². The maximum atomic E-state index is 11.2. The van der Waals surface area contributed by atoms with Crippen molar-refractivity contribution in [1.29, 1.82) is 0 Å². The van der Waals surface area contributed by atoms with Crippen LogP contribution in [-0.2, 0) is 16.0 Å². The van der Waals surface area contributed by atoms with Gasteiger partial charge < -0.3 is 19.5 Å². The lowest BCUT2D eigenvalue weighted by atomic mass is 10.1. The molecule has 0 unspecified atom stereocenters. The Kier molecular flexibility index (Phi) is 4.87. The molecule has 0 fully saturated rings. The van der Waals surface area contributed by atoms with Gasteiger partial charge in [-0.2, -0.15) is 0 Å². The summed E-state index contributed by atoms with van der Waals surface area (Å²) in [7, 11) is 1.49. The highest BCUT2D eigenvalue weighted by atomic mass is 35.5. The second-order valence-electron chi connectivity index (χ2n) is 4.13. The van der Waals surface area contributed by atoms with Crippen LogP contribution >= 0.6 is 11.6 Å². The van der Waals surface area contributed by atoms with Crippen LogP contribution in [0.15, 0.2) is 12.1 Å². The molecule has 0 atom stereocenters. The van der Waals surface area contributed by atoms with E-state index in [1.54, 1.807) is 0 Å². The van der Waals surface area contributed by atoms with Crippen molar-refractivity contribution < 1.29 is 19.0 Å². The molecule has 1 aromatic carbocycles. The van der Waals surface area contributed by atoms with E-state index in [1.165, 1.54) is 7.11 Å². The Hall–Kier alpha value is -1.46. The molecule has 6 heteroatoms. The minimum absolute atomic E-state index is 0.0713. The molecule has 0 aromatic heterocycles. The Bertz CT molecular complexity index is 464. The van der Waals surface area contributed by atoms with Gasteiger partial charge in [0.1, 0.15) is 19.8 Å². The van der Waals surface area contributed by atoms with E-state index >= 15 is 0 Å². The zero-order valence-corrected chi connectivity index (χ0v) is 11.5. The Morgan fingerprint density at radius 2 is 2.21 bits per heavy atom. The van der Waals surface area contributed by atoms with Crippen LogP contribution in [0.2, 0.25) is 5.02 Å². The SMILES string of the molecule is COCC(=O)NCCc1cc(Cl)c2c(c1)OCCO2. The van der Waals surface area contributed by atoms with Crippen molar-refractivity contribution in [3.8, 4) is 11.5 Å². The molecule has 0 spiro atoms. The van der Waals surface area contributed by atoms with E-state index in [0.29, 0.717) is 42.7 Å². The van der Waals surface area contributed by atoms with Crippen molar-refractivity contribution in [2.75, 3.05) is 33.5 Å². The van der Waals surface area contributed by atoms with Crippen molar-refractivity contribution in [3.63, 3.8) is 0 Å². The van der Waals surface area contributed by atoms with Crippen LogP contribution in [-0.4, -0.2) is 39.4 Å². The van der Waals surface area contributed by atoms with Crippen LogP contribution in [0, 0.1) is 0 Å². The molecule has 0 saturated heterocycles. The first-order chi connectivity index (χ1) is 9.20. The maximum Gasteiger partial charge on any atom is 0.245 e. The number of ether oxygens (including phenoxy) is 3. The van der Waals surface area contributed by atoms with Crippen LogP contribution < -0.4 is 14.8 Å². The topological polar surface area (TPSA) is 56.8 Å². The van der Waals surface area contributed by atoms with Gasteiger partial charge in [0, 0.05) is 13.7 Å². The van der Waals surface area contributed by atoms with Crippen LogP contribution in [0.5, 0.6) is 11.5 Å². The molecule has 0 saturated carbocycles. The number of carbonyl (C=O) groups excluding carboxylic acids is 1. The summed E-state index contributed by atoms with van der Waals surface area (Å²) in [6.07, 6.45) is 0.672. The number of rotatable bonds is 5. The van der Waals surface area contributed by atoms with Crippen molar-refractivity contribution in [3.05, 3.63) is 22.7 Å². The molecule has 1 aliphatic heterocycles. The highest BCUT2D eigenvalue weighted by Gasteiger charge is 2.16. The van der Waals surface area contributed by atoms with Gasteiger partial charge in [-0.05, 0) is 24.1 Å². The molecule has 19 heavy (non-hydrogen) atoms. The first-order valence-electron chi connectivity index (χ1n) is 6.04. The van der Waals surface area contributed by atoms with Crippen LogP contribution in [0.1, 0.15) is 5.56 Å². The minimum atomic E-state index is -0.133. The third-order valence-electron chi connectivity index (χ3n) is 2.67. The van der Waals surface area contributed by atoms with E-state index in [-0.39, 0.29) is 12.5 Å². The quantitative estimate of drug-likeness (QED) is 0.889. The Morgan fingerprint density at radius 3 is 3.00 bits per heavy atom. The lowest BCUT2D eigenvalue weighted by molar-refractivity contribution is -0.124. The highest BCUT2D eigenvalue weighted by Crippen LogP contribution is 2.38. The number of nitrogens with one attached hydrogen (secondary N) is 1. The van der Waals surface area contributed by atoms with Gasteiger partial charge in [-0.15, -0.1) is 0 Å². The number of fused-ring (bicyclic) bond motifs is 1. The third kappa shape index (κ3) is 3.75. The summed E-state index contributed by atoms with van der Waals surface area (Å²) in [6.45, 7) is 1.64. The Morgan fingerprint density at radius 1 is 1.42 bits per heavy atom. The molecule has 2 rings (SSSR count). The summed E-state index contributed by atoms with van der Waals surface area (Å²) < 4.78 is 15.7. The number of methoxy groups -OCH3 is 1. The van der Waals surface area contributed by atoms with E-state index in [4.69, 9.17) is 25.8 Å². The maximum absolute atomic E-state index is 11.2. The van der Waals surface area contributed by atoms with Crippen molar-refractivity contribution in [2.24, 2.45) is 0 Å². The first kappa shape index (κ1) is 14.0. The molecule has 1 aromatic rings. The number of hydrogen-bond acceptors (Lipinski definition) is 4. The van der Waals surface area contributed by atoms with Crippen LogP contribution in [0.3, 0.4) is 0 Å². The summed E-state index contributed by atoms with van der Waals surface area (Å²) in [4.78, 5) is 11.2. The summed E-state index contributed by atoms with van der Waals surface area (Å²) in [5.41, 5.74) is 0.993. The number of hydrogen-bond donors (Lipinski definition) is 1. The Balaban J connectivity index is 1.94. The van der Waals surface area contributed by atoms with E-state index < -0.39 is 0 Å². The summed E-state index contributed by atoms with van der Waals surface area (Å²) >= 11 is 6.13. The molecule has 0 radical (unpaired) electrons. The van der Waals surface area contributed by atoms with Gasteiger partial charge in [-0.1, -0.05) is 11.6 Å². The summed E-state index contributed by atoms with van der Waals surface area (Å²) in [5, 5.41) is 3.29. The second-order valence-corrected chi connectivity index (χ2v) is 4.54. The van der Waals surface area contributed by atoms with Gasteiger partial charge in [0.25, 0.3) is 0 Å². The molecule has 1 aliphatic rings. The average molecular weight is 286 g/mol. The number of halogens is 1. The van der Waals surface area contributed by atoms with Gasteiger partial charge in [0.15, 0.2) is 11.5 Å². The van der Waals surface area contributed by atoms with Gasteiger partial charge in [-0.3, -0.25) is 4.79 Å². The first-order valence-corrected chi connectivity index (χ1v) is 6.42. The standard InChI is InChI=1S/C13H16ClNO4/c1-17-8-12(16)15-3-2-9-6-10(14)13-11(7-9)18-4-5-19-13/h6-7H,2-5,8H2,1H3,(H,15,16). The van der Waals surface area contributed by atoms with Crippen LogP contribution in [0.25, 0.3) is 0 Å². The summed E-state index contributed by atoms with van der Waals surface area (Å²) in [5.74, 6) is 1.13. The molecule has 0 aliphatic carbocycles. The fourth-order valence-corrected chi connectivity index (χ4v) is 2.12. The van der Waals surface area contributed by atoms with Crippen molar-refractivity contribution in [1.82, 2.24) is 5.32 Å². The third-order valence-corrected chi connectivity index (χ3v) is 2.95. The van der Waals surface area contributed by atoms with Crippen molar-refractivity contribution in [2.45, 2.75) is 6.42 Å². The molecule has 1 heterocycles. The lowest BCUT2D eigenvalue weighted by Crippen LogP contribution is -2.29. The fraction of sp³-hybridized carbons (Fsp3) is 0.462. The minimum Gasteiger partial charge on any atom is -0.486 e. The number of amides is 1. The predicted molar refractivity (Wildman–Crippen MR) is 71.0 cm³/mol. The molecular weight excluding hydrogens is 270 g/mol. The second kappa shape index (κ2) is 6.63. The van der Waals surface area contributed by atoms with Gasteiger partial charge >= 0.3 is 0 Å². The molecule has 1 amide bonds. The largest absolute Gasteiger partial charge is 0.486 e. The zero-order chi connectivity index (χ0) is 13.7. The van der Waals surface area contributed by atoms with E-state index in [9.17, 15) is 4.79 Å². The lowest BCUT2D eigenvalue weighted by Gasteiger charge is -2.20. The smallest absolute Gasteiger partial charge is 0.245 e. The summed E-state index contributed by atoms with van der Waals surface area (Å²) in [6, 6.07) is 3.72. The zero-order valence-electron chi connectivity index (χ0n) is 10.7. The molecule has 0 bridgehead atoms. The predicted octanol–water partition coefficient (Wildman–Crippen LogP) is 1.42. The van der Waals surface area contributed by atoms with Gasteiger partial charge in [0.05, 0.1) is 5.02 Å². The average Bonchev–Trinajstić information content (AvgIpc) is 2.39.